The van der Waals surface area contributed by atoms with E-state index in [0.717, 1.165) is 22.9 Å². The fourth-order valence-corrected chi connectivity index (χ4v) is 4.24. The first-order chi connectivity index (χ1) is 15.7. The Labute approximate surface area is 202 Å². The average Bonchev–Trinajstić information content (AvgIpc) is 2.79. The molecule has 0 unspecified atom stereocenters. The van der Waals surface area contributed by atoms with Crippen LogP contribution < -0.4 is 11.1 Å². The Balaban J connectivity index is 1.93. The summed E-state index contributed by atoms with van der Waals surface area (Å²) in [5.74, 6) is 0.0973. The molecule has 8 heteroatoms. The van der Waals surface area contributed by atoms with Crippen molar-refractivity contribution in [2.45, 2.75) is 31.7 Å². The Morgan fingerprint density at radius 2 is 1.82 bits per heavy atom. The smallest absolute Gasteiger partial charge is 0.234 e. The molecule has 0 aliphatic rings. The van der Waals surface area contributed by atoms with Gasteiger partial charge in [-0.3, -0.25) is 4.79 Å². The molecule has 0 fully saturated rings. The predicted octanol–water partition coefficient (Wildman–Crippen LogP) is 5.89. The largest absolute Gasteiger partial charge is 0.383 e. The average molecular weight is 476 g/mol. The highest BCUT2D eigenvalue weighted by atomic mass is 35.5. The molecule has 0 spiro atoms. The number of benzene rings is 2. The van der Waals surface area contributed by atoms with Crippen molar-refractivity contribution in [3.8, 4) is 23.3 Å². The number of pyridine rings is 1. The summed E-state index contributed by atoms with van der Waals surface area (Å²) in [6.45, 7) is 6.05. The lowest BCUT2D eigenvalue weighted by atomic mass is 9.94. The van der Waals surface area contributed by atoms with Gasteiger partial charge in [0.2, 0.25) is 5.91 Å². The standard InChI is InChI=1S/C25H22ClN5OS/c1-14(2)16-5-7-17(8-6-16)23-19(11-27)24(29)31-25(20(23)12-28)33-13-22(32)30-21-10-18(26)9-4-15(21)3/h4-10,14H,13H2,1-3H3,(H2,29,31)(H,30,32). The van der Waals surface area contributed by atoms with Gasteiger partial charge in [0.1, 0.15) is 28.5 Å². The minimum absolute atomic E-state index is 0.00466. The summed E-state index contributed by atoms with van der Waals surface area (Å²) >= 11 is 7.11. The Morgan fingerprint density at radius 1 is 1.15 bits per heavy atom. The molecule has 0 aliphatic carbocycles. The number of carbonyl (C=O) groups is 1. The number of hydrogen-bond acceptors (Lipinski definition) is 6. The van der Waals surface area contributed by atoms with E-state index in [2.05, 4.69) is 36.3 Å². The van der Waals surface area contributed by atoms with Crippen LogP contribution in [0, 0.1) is 29.6 Å². The number of hydrogen-bond donors (Lipinski definition) is 2. The van der Waals surface area contributed by atoms with Crippen molar-refractivity contribution in [3.63, 3.8) is 0 Å². The molecule has 1 amide bonds. The van der Waals surface area contributed by atoms with Crippen LogP contribution in [-0.4, -0.2) is 16.6 Å². The number of aromatic nitrogens is 1. The summed E-state index contributed by atoms with van der Waals surface area (Å²) in [6.07, 6.45) is 0. The van der Waals surface area contributed by atoms with Gasteiger partial charge < -0.3 is 11.1 Å². The summed E-state index contributed by atoms with van der Waals surface area (Å²) < 4.78 is 0. The number of halogens is 1. The maximum atomic E-state index is 12.5. The van der Waals surface area contributed by atoms with Crippen LogP contribution in [0.15, 0.2) is 47.5 Å². The van der Waals surface area contributed by atoms with Crippen molar-refractivity contribution in [2.24, 2.45) is 0 Å². The van der Waals surface area contributed by atoms with Crippen LogP contribution in [0.25, 0.3) is 11.1 Å². The summed E-state index contributed by atoms with van der Waals surface area (Å²) in [4.78, 5) is 16.8. The number of amides is 1. The quantitative estimate of drug-likeness (QED) is 0.429. The van der Waals surface area contributed by atoms with Crippen molar-refractivity contribution in [1.82, 2.24) is 4.98 Å². The molecule has 0 radical (unpaired) electrons. The summed E-state index contributed by atoms with van der Waals surface area (Å²) in [5.41, 5.74) is 10.2. The lowest BCUT2D eigenvalue weighted by Gasteiger charge is -2.14. The van der Waals surface area contributed by atoms with Crippen LogP contribution in [-0.2, 0) is 4.79 Å². The Hall–Kier alpha value is -3.52. The number of thioether (sulfide) groups is 1. The Morgan fingerprint density at radius 3 is 2.42 bits per heavy atom. The van der Waals surface area contributed by atoms with Crippen LogP contribution in [0.1, 0.15) is 42.0 Å². The zero-order valence-electron chi connectivity index (χ0n) is 18.4. The van der Waals surface area contributed by atoms with Crippen LogP contribution in [0.5, 0.6) is 0 Å². The second-order valence-electron chi connectivity index (χ2n) is 7.72. The highest BCUT2D eigenvalue weighted by molar-refractivity contribution is 8.00. The number of aryl methyl sites for hydroxylation is 1. The van der Waals surface area contributed by atoms with Crippen LogP contribution >= 0.6 is 23.4 Å². The van der Waals surface area contributed by atoms with Crippen molar-refractivity contribution in [2.75, 3.05) is 16.8 Å². The summed E-state index contributed by atoms with van der Waals surface area (Å²) in [5, 5.41) is 23.2. The number of rotatable bonds is 6. The van der Waals surface area contributed by atoms with Gasteiger partial charge in [-0.25, -0.2) is 4.98 Å². The van der Waals surface area contributed by atoms with E-state index in [0.29, 0.717) is 32.8 Å². The second-order valence-corrected chi connectivity index (χ2v) is 9.12. The molecule has 3 N–H and O–H groups in total. The van der Waals surface area contributed by atoms with E-state index in [1.54, 1.807) is 12.1 Å². The highest BCUT2D eigenvalue weighted by Gasteiger charge is 2.21. The maximum Gasteiger partial charge on any atom is 0.234 e. The number of nitrogens with one attached hydrogen (secondary N) is 1. The fourth-order valence-electron chi connectivity index (χ4n) is 3.27. The summed E-state index contributed by atoms with van der Waals surface area (Å²) in [7, 11) is 0. The van der Waals surface area contributed by atoms with Crippen molar-refractivity contribution in [3.05, 3.63) is 69.7 Å². The van der Waals surface area contributed by atoms with E-state index in [1.807, 2.05) is 37.3 Å². The molecule has 0 bridgehead atoms. The minimum Gasteiger partial charge on any atom is -0.383 e. The second kappa shape index (κ2) is 10.4. The molecule has 1 aromatic heterocycles. The molecular formula is C25H22ClN5OS. The molecule has 3 aromatic rings. The molecule has 6 nitrogen and oxygen atoms in total. The lowest BCUT2D eigenvalue weighted by Crippen LogP contribution is -2.15. The number of carbonyl (C=O) groups excluding carboxylic acids is 1. The van der Waals surface area contributed by atoms with Gasteiger partial charge in [-0.2, -0.15) is 10.5 Å². The van der Waals surface area contributed by atoms with Gasteiger partial charge in [-0.05, 0) is 41.7 Å². The number of nitrogens with zero attached hydrogens (tertiary/aromatic N) is 3. The first-order valence-corrected chi connectivity index (χ1v) is 11.5. The topological polar surface area (TPSA) is 116 Å². The minimum atomic E-state index is -0.276. The summed E-state index contributed by atoms with van der Waals surface area (Å²) in [6, 6.07) is 17.1. The van der Waals surface area contributed by atoms with Crippen molar-refractivity contribution < 1.29 is 4.79 Å². The third-order valence-electron chi connectivity index (χ3n) is 5.10. The van der Waals surface area contributed by atoms with Gasteiger partial charge in [0, 0.05) is 16.3 Å². The lowest BCUT2D eigenvalue weighted by molar-refractivity contribution is -0.113. The third kappa shape index (κ3) is 5.46. The third-order valence-corrected chi connectivity index (χ3v) is 6.31. The van der Waals surface area contributed by atoms with E-state index < -0.39 is 0 Å². The first-order valence-electron chi connectivity index (χ1n) is 10.2. The van der Waals surface area contributed by atoms with Crippen molar-refractivity contribution in [1.29, 1.82) is 10.5 Å². The van der Waals surface area contributed by atoms with E-state index >= 15 is 0 Å². The number of nitriles is 2. The van der Waals surface area contributed by atoms with E-state index in [4.69, 9.17) is 17.3 Å². The monoisotopic (exact) mass is 475 g/mol. The van der Waals surface area contributed by atoms with Gasteiger partial charge >= 0.3 is 0 Å². The molecule has 33 heavy (non-hydrogen) atoms. The van der Waals surface area contributed by atoms with Gasteiger partial charge in [0.05, 0.1) is 11.3 Å². The molecule has 2 aromatic carbocycles. The van der Waals surface area contributed by atoms with Crippen LogP contribution in [0.4, 0.5) is 11.5 Å². The van der Waals surface area contributed by atoms with Crippen molar-refractivity contribution >= 4 is 40.8 Å². The number of anilines is 2. The molecule has 3 rings (SSSR count). The Kier molecular flexibility index (Phi) is 7.60. The molecule has 1 heterocycles. The number of nitrogens with two attached hydrogens (primary N) is 1. The zero-order chi connectivity index (χ0) is 24.1. The van der Waals surface area contributed by atoms with Crippen LogP contribution in [0.2, 0.25) is 5.02 Å². The number of nitrogen functional groups attached to an aromatic ring is 1. The predicted molar refractivity (Wildman–Crippen MR) is 133 cm³/mol. The van der Waals surface area contributed by atoms with E-state index in [-0.39, 0.29) is 28.6 Å². The Bertz CT molecular complexity index is 1290. The SMILES string of the molecule is Cc1ccc(Cl)cc1NC(=O)CSc1nc(N)c(C#N)c(-c2ccc(C(C)C)cc2)c1C#N. The molecule has 0 atom stereocenters. The van der Waals surface area contributed by atoms with Gasteiger partial charge in [-0.15, -0.1) is 0 Å². The van der Waals surface area contributed by atoms with Gasteiger partial charge in [-0.1, -0.05) is 67.5 Å². The molecule has 0 aliphatic heterocycles. The molecule has 0 saturated heterocycles. The van der Waals surface area contributed by atoms with E-state index in [9.17, 15) is 15.3 Å². The fraction of sp³-hybridized carbons (Fsp3) is 0.200. The van der Waals surface area contributed by atoms with Gasteiger partial charge in [0.15, 0.2) is 0 Å². The van der Waals surface area contributed by atoms with Crippen LogP contribution in [0.3, 0.4) is 0 Å². The zero-order valence-corrected chi connectivity index (χ0v) is 20.0. The van der Waals surface area contributed by atoms with Gasteiger partial charge in [0.25, 0.3) is 0 Å². The highest BCUT2D eigenvalue weighted by Crippen LogP contribution is 2.36. The first kappa shape index (κ1) is 24.1. The van der Waals surface area contributed by atoms with E-state index in [1.165, 1.54) is 0 Å². The normalized spacial score (nSPS) is 10.5. The molecule has 166 valence electrons. The maximum absolute atomic E-state index is 12.5. The molecular weight excluding hydrogens is 454 g/mol. The molecule has 0 saturated carbocycles.